The van der Waals surface area contributed by atoms with Gasteiger partial charge in [0.2, 0.25) is 5.91 Å². The molecular formula is C21H18BrN3O3S. The molecule has 0 radical (unpaired) electrons. The van der Waals surface area contributed by atoms with Gasteiger partial charge in [0, 0.05) is 38.9 Å². The Bertz CT molecular complexity index is 1040. The number of carbonyl (C=O) groups is 2. The first kappa shape index (κ1) is 20.8. The Hall–Kier alpha value is -2.97. The standard InChI is InChI=1S/C21H18BrN3O3S/c1-2-28-18-8-7-16(22)12-14(18)6-9-19(26)24-17-5-3-4-15(13-17)20(27)25-21-23-10-11-29-21/h3-13H,2H2,1H3,(H,24,26)(H,23,25,27)/b9-6+. The molecule has 0 saturated carbocycles. The van der Waals surface area contributed by atoms with Crippen LogP contribution >= 0.6 is 27.3 Å². The number of hydrogen-bond donors (Lipinski definition) is 2. The first-order chi connectivity index (χ1) is 14.0. The highest BCUT2D eigenvalue weighted by Crippen LogP contribution is 2.24. The number of aromatic nitrogens is 1. The van der Waals surface area contributed by atoms with Crippen molar-refractivity contribution in [1.82, 2.24) is 4.98 Å². The fraction of sp³-hybridized carbons (Fsp3) is 0.0952. The molecule has 0 bridgehead atoms. The van der Waals surface area contributed by atoms with Gasteiger partial charge in [-0.1, -0.05) is 22.0 Å². The summed E-state index contributed by atoms with van der Waals surface area (Å²) in [6.07, 6.45) is 4.72. The molecule has 8 heteroatoms. The molecule has 0 aliphatic heterocycles. The van der Waals surface area contributed by atoms with Gasteiger partial charge in [0.25, 0.3) is 5.91 Å². The number of halogens is 1. The zero-order valence-corrected chi connectivity index (χ0v) is 17.9. The Morgan fingerprint density at radius 2 is 2.07 bits per heavy atom. The number of benzene rings is 2. The van der Waals surface area contributed by atoms with Gasteiger partial charge >= 0.3 is 0 Å². The van der Waals surface area contributed by atoms with E-state index in [-0.39, 0.29) is 11.8 Å². The molecule has 2 N–H and O–H groups in total. The van der Waals surface area contributed by atoms with E-state index < -0.39 is 0 Å². The normalized spacial score (nSPS) is 10.7. The highest BCUT2D eigenvalue weighted by atomic mass is 79.9. The average Bonchev–Trinajstić information content (AvgIpc) is 3.21. The minimum atomic E-state index is -0.315. The number of thiazole rings is 1. The third-order valence-electron chi connectivity index (χ3n) is 3.73. The molecule has 6 nitrogen and oxygen atoms in total. The van der Waals surface area contributed by atoms with Crippen LogP contribution in [0.4, 0.5) is 10.8 Å². The molecule has 0 spiro atoms. The van der Waals surface area contributed by atoms with Crippen molar-refractivity contribution in [2.45, 2.75) is 6.92 Å². The van der Waals surface area contributed by atoms with Gasteiger partial charge in [-0.25, -0.2) is 4.98 Å². The fourth-order valence-corrected chi connectivity index (χ4v) is 3.38. The molecule has 2 aromatic carbocycles. The maximum absolute atomic E-state index is 12.3. The number of nitrogens with zero attached hydrogens (tertiary/aromatic N) is 1. The molecular weight excluding hydrogens is 454 g/mol. The summed E-state index contributed by atoms with van der Waals surface area (Å²) in [5.74, 6) is 0.0904. The number of nitrogens with one attached hydrogen (secondary N) is 2. The Morgan fingerprint density at radius 1 is 1.21 bits per heavy atom. The average molecular weight is 472 g/mol. The largest absolute Gasteiger partial charge is 0.493 e. The molecule has 3 aromatic rings. The highest BCUT2D eigenvalue weighted by molar-refractivity contribution is 9.10. The fourth-order valence-electron chi connectivity index (χ4n) is 2.48. The highest BCUT2D eigenvalue weighted by Gasteiger charge is 2.09. The lowest BCUT2D eigenvalue weighted by Crippen LogP contribution is -2.13. The zero-order chi connectivity index (χ0) is 20.6. The lowest BCUT2D eigenvalue weighted by atomic mass is 10.1. The molecule has 0 fully saturated rings. The van der Waals surface area contributed by atoms with E-state index in [9.17, 15) is 9.59 Å². The lowest BCUT2D eigenvalue weighted by molar-refractivity contribution is -0.111. The van der Waals surface area contributed by atoms with Crippen LogP contribution in [0.3, 0.4) is 0 Å². The summed E-state index contributed by atoms with van der Waals surface area (Å²) >= 11 is 4.75. The van der Waals surface area contributed by atoms with Crippen LogP contribution in [0.5, 0.6) is 5.75 Å². The van der Waals surface area contributed by atoms with Crippen LogP contribution in [-0.2, 0) is 4.79 Å². The summed E-state index contributed by atoms with van der Waals surface area (Å²) in [5.41, 5.74) is 1.73. The SMILES string of the molecule is CCOc1ccc(Br)cc1/C=C/C(=O)Nc1cccc(C(=O)Nc2nccs2)c1. The van der Waals surface area contributed by atoms with Crippen LogP contribution in [0.1, 0.15) is 22.8 Å². The van der Waals surface area contributed by atoms with Crippen molar-refractivity contribution < 1.29 is 14.3 Å². The van der Waals surface area contributed by atoms with E-state index in [1.807, 2.05) is 25.1 Å². The van der Waals surface area contributed by atoms with E-state index in [0.717, 1.165) is 10.0 Å². The number of ether oxygens (including phenoxy) is 1. The third kappa shape index (κ3) is 6.00. The van der Waals surface area contributed by atoms with Crippen molar-refractivity contribution in [2.24, 2.45) is 0 Å². The predicted octanol–water partition coefficient (Wildman–Crippen LogP) is 5.21. The van der Waals surface area contributed by atoms with E-state index in [2.05, 4.69) is 31.5 Å². The summed E-state index contributed by atoms with van der Waals surface area (Å²) in [6.45, 7) is 2.43. The number of rotatable bonds is 7. The zero-order valence-electron chi connectivity index (χ0n) is 15.5. The maximum atomic E-state index is 12.3. The third-order valence-corrected chi connectivity index (χ3v) is 4.91. The van der Waals surface area contributed by atoms with Crippen LogP contribution in [-0.4, -0.2) is 23.4 Å². The topological polar surface area (TPSA) is 80.3 Å². The molecule has 1 heterocycles. The summed E-state index contributed by atoms with van der Waals surface area (Å²) in [6, 6.07) is 12.3. The van der Waals surface area contributed by atoms with Crippen LogP contribution in [0, 0.1) is 0 Å². The minimum Gasteiger partial charge on any atom is -0.493 e. The smallest absolute Gasteiger partial charge is 0.257 e. The molecule has 2 amide bonds. The molecule has 148 valence electrons. The minimum absolute atomic E-state index is 0.290. The van der Waals surface area contributed by atoms with Gasteiger partial charge in [-0.3, -0.25) is 14.9 Å². The van der Waals surface area contributed by atoms with Gasteiger partial charge in [-0.05, 0) is 49.4 Å². The van der Waals surface area contributed by atoms with Crippen LogP contribution in [0.2, 0.25) is 0 Å². The van der Waals surface area contributed by atoms with E-state index in [1.54, 1.807) is 41.9 Å². The molecule has 0 saturated heterocycles. The van der Waals surface area contributed by atoms with E-state index in [0.29, 0.717) is 28.7 Å². The predicted molar refractivity (Wildman–Crippen MR) is 119 cm³/mol. The summed E-state index contributed by atoms with van der Waals surface area (Å²) in [4.78, 5) is 28.6. The molecule has 0 atom stereocenters. The second kappa shape index (κ2) is 9.99. The number of anilines is 2. The van der Waals surface area contributed by atoms with Crippen molar-refractivity contribution in [1.29, 1.82) is 0 Å². The van der Waals surface area contributed by atoms with Crippen molar-refractivity contribution in [3.63, 3.8) is 0 Å². The monoisotopic (exact) mass is 471 g/mol. The van der Waals surface area contributed by atoms with Crippen LogP contribution in [0.15, 0.2) is 64.6 Å². The summed E-state index contributed by atoms with van der Waals surface area (Å²) < 4.78 is 6.46. The molecule has 0 aliphatic carbocycles. The van der Waals surface area contributed by atoms with Crippen LogP contribution in [0.25, 0.3) is 6.08 Å². The van der Waals surface area contributed by atoms with E-state index in [4.69, 9.17) is 4.74 Å². The molecule has 1 aromatic heterocycles. The van der Waals surface area contributed by atoms with Crippen molar-refractivity contribution in [3.05, 3.63) is 75.7 Å². The maximum Gasteiger partial charge on any atom is 0.257 e. The Kier molecular flexibility index (Phi) is 7.15. The Labute approximate surface area is 180 Å². The van der Waals surface area contributed by atoms with Crippen molar-refractivity contribution >= 4 is 56.0 Å². The lowest BCUT2D eigenvalue weighted by Gasteiger charge is -2.08. The Morgan fingerprint density at radius 3 is 2.83 bits per heavy atom. The second-order valence-corrected chi connectivity index (χ2v) is 7.62. The van der Waals surface area contributed by atoms with Crippen molar-refractivity contribution in [2.75, 3.05) is 17.2 Å². The van der Waals surface area contributed by atoms with Gasteiger partial charge in [0.15, 0.2) is 5.13 Å². The Balaban J connectivity index is 1.67. The van der Waals surface area contributed by atoms with Gasteiger partial charge in [-0.2, -0.15) is 0 Å². The second-order valence-electron chi connectivity index (χ2n) is 5.81. The molecule has 0 aliphatic rings. The number of amides is 2. The van der Waals surface area contributed by atoms with Crippen LogP contribution < -0.4 is 15.4 Å². The molecule has 29 heavy (non-hydrogen) atoms. The molecule has 3 rings (SSSR count). The van der Waals surface area contributed by atoms with E-state index in [1.165, 1.54) is 17.4 Å². The quantitative estimate of drug-likeness (QED) is 0.463. The first-order valence-corrected chi connectivity index (χ1v) is 10.4. The van der Waals surface area contributed by atoms with E-state index >= 15 is 0 Å². The van der Waals surface area contributed by atoms with Gasteiger partial charge in [-0.15, -0.1) is 11.3 Å². The summed E-state index contributed by atoms with van der Waals surface area (Å²) in [7, 11) is 0. The number of carbonyl (C=O) groups excluding carboxylic acids is 2. The van der Waals surface area contributed by atoms with Gasteiger partial charge in [0.05, 0.1) is 6.61 Å². The van der Waals surface area contributed by atoms with Gasteiger partial charge < -0.3 is 10.1 Å². The van der Waals surface area contributed by atoms with Crippen molar-refractivity contribution in [3.8, 4) is 5.75 Å². The number of hydrogen-bond acceptors (Lipinski definition) is 5. The molecule has 0 unspecified atom stereocenters. The van der Waals surface area contributed by atoms with Gasteiger partial charge in [0.1, 0.15) is 5.75 Å². The summed E-state index contributed by atoms with van der Waals surface area (Å²) in [5, 5.41) is 7.77. The first-order valence-electron chi connectivity index (χ1n) is 8.77.